The van der Waals surface area contributed by atoms with E-state index in [2.05, 4.69) is 14.9 Å². The fourth-order valence-corrected chi connectivity index (χ4v) is 3.72. The second-order valence-electron chi connectivity index (χ2n) is 3.77. The van der Waals surface area contributed by atoms with Crippen LogP contribution in [0.15, 0.2) is 17.0 Å². The molecule has 0 saturated carbocycles. The standard InChI is InChI=1S/C10H10ClFN4O2S2/c1-2-8-14-15-10(19-8)16-20(17,18)7-4-5(11)3-6(13)9(7)12/h3-4H,2,13H2,1H3,(H,15,16). The minimum absolute atomic E-state index is 0.0239. The summed E-state index contributed by atoms with van der Waals surface area (Å²) < 4.78 is 40.2. The summed E-state index contributed by atoms with van der Waals surface area (Å²) in [6.45, 7) is 1.86. The highest BCUT2D eigenvalue weighted by Gasteiger charge is 2.23. The summed E-state index contributed by atoms with van der Waals surface area (Å²) in [6.07, 6.45) is 0.623. The molecule has 10 heteroatoms. The zero-order chi connectivity index (χ0) is 14.9. The second-order valence-corrected chi connectivity index (χ2v) is 6.92. The number of sulfonamides is 1. The normalized spacial score (nSPS) is 11.6. The minimum Gasteiger partial charge on any atom is -0.396 e. The van der Waals surface area contributed by atoms with Crippen LogP contribution in [0.2, 0.25) is 5.02 Å². The third-order valence-corrected chi connectivity index (χ3v) is 4.98. The van der Waals surface area contributed by atoms with Crippen LogP contribution >= 0.6 is 22.9 Å². The number of hydrogen-bond acceptors (Lipinski definition) is 6. The molecule has 1 heterocycles. The Balaban J connectivity index is 2.40. The van der Waals surface area contributed by atoms with Gasteiger partial charge in [0.2, 0.25) is 5.13 Å². The number of anilines is 2. The number of aryl methyl sites for hydroxylation is 1. The molecule has 0 fully saturated rings. The van der Waals surface area contributed by atoms with E-state index in [1.165, 1.54) is 0 Å². The molecule has 0 saturated heterocycles. The molecule has 0 radical (unpaired) electrons. The summed E-state index contributed by atoms with van der Waals surface area (Å²) >= 11 is 6.76. The fourth-order valence-electron chi connectivity index (χ4n) is 1.39. The Hall–Kier alpha value is -1.45. The van der Waals surface area contributed by atoms with Gasteiger partial charge < -0.3 is 5.73 Å². The fraction of sp³-hybridized carbons (Fsp3) is 0.200. The van der Waals surface area contributed by atoms with Crippen LogP contribution in [0, 0.1) is 5.82 Å². The summed E-state index contributed by atoms with van der Waals surface area (Å²) in [5.74, 6) is -1.05. The van der Waals surface area contributed by atoms with Crippen molar-refractivity contribution < 1.29 is 12.8 Å². The first-order chi connectivity index (χ1) is 9.33. The van der Waals surface area contributed by atoms with E-state index in [4.69, 9.17) is 17.3 Å². The number of aromatic nitrogens is 2. The van der Waals surface area contributed by atoms with Crippen molar-refractivity contribution in [1.82, 2.24) is 10.2 Å². The van der Waals surface area contributed by atoms with E-state index >= 15 is 0 Å². The van der Waals surface area contributed by atoms with Crippen LogP contribution in [0.3, 0.4) is 0 Å². The Morgan fingerprint density at radius 3 is 2.75 bits per heavy atom. The van der Waals surface area contributed by atoms with Gasteiger partial charge >= 0.3 is 0 Å². The van der Waals surface area contributed by atoms with Crippen LogP contribution in [-0.2, 0) is 16.4 Å². The summed E-state index contributed by atoms with van der Waals surface area (Å²) in [4.78, 5) is -0.629. The molecule has 0 aliphatic heterocycles. The van der Waals surface area contributed by atoms with Crippen molar-refractivity contribution in [2.45, 2.75) is 18.2 Å². The van der Waals surface area contributed by atoms with Gasteiger partial charge in [0, 0.05) is 5.02 Å². The molecule has 6 nitrogen and oxygen atoms in total. The van der Waals surface area contributed by atoms with Gasteiger partial charge in [0.15, 0.2) is 5.82 Å². The molecular weight excluding hydrogens is 327 g/mol. The van der Waals surface area contributed by atoms with Gasteiger partial charge in [-0.2, -0.15) is 0 Å². The SMILES string of the molecule is CCc1nnc(NS(=O)(=O)c2cc(Cl)cc(N)c2F)s1. The lowest BCUT2D eigenvalue weighted by molar-refractivity contribution is 0.573. The Kier molecular flexibility index (Phi) is 4.11. The van der Waals surface area contributed by atoms with E-state index in [9.17, 15) is 12.8 Å². The Bertz CT molecular complexity index is 748. The molecule has 0 spiro atoms. The first-order valence-corrected chi connectivity index (χ1v) is 8.11. The quantitative estimate of drug-likeness (QED) is 0.835. The number of halogens is 2. The maximum absolute atomic E-state index is 13.8. The molecule has 2 aromatic rings. The van der Waals surface area contributed by atoms with Gasteiger partial charge in [-0.05, 0) is 18.6 Å². The van der Waals surface area contributed by atoms with Crippen molar-refractivity contribution in [3.63, 3.8) is 0 Å². The van der Waals surface area contributed by atoms with Gasteiger partial charge in [-0.3, -0.25) is 4.72 Å². The Morgan fingerprint density at radius 1 is 1.45 bits per heavy atom. The molecule has 1 aromatic heterocycles. The molecule has 0 amide bonds. The first kappa shape index (κ1) is 14.9. The van der Waals surface area contributed by atoms with E-state index in [1.54, 1.807) is 0 Å². The lowest BCUT2D eigenvalue weighted by Gasteiger charge is -2.08. The molecule has 3 N–H and O–H groups in total. The van der Waals surface area contributed by atoms with Crippen molar-refractivity contribution >= 4 is 43.8 Å². The molecular formula is C10H10ClFN4O2S2. The number of nitrogen functional groups attached to an aromatic ring is 1. The maximum Gasteiger partial charge on any atom is 0.266 e. The molecule has 0 aliphatic rings. The molecule has 0 bridgehead atoms. The van der Waals surface area contributed by atoms with Crippen LogP contribution in [0.4, 0.5) is 15.2 Å². The van der Waals surface area contributed by atoms with Crippen LogP contribution in [0.25, 0.3) is 0 Å². The van der Waals surface area contributed by atoms with Crippen LogP contribution in [-0.4, -0.2) is 18.6 Å². The van der Waals surface area contributed by atoms with Crippen molar-refractivity contribution in [1.29, 1.82) is 0 Å². The molecule has 108 valence electrons. The Labute approximate surface area is 123 Å². The monoisotopic (exact) mass is 336 g/mol. The number of benzene rings is 1. The van der Waals surface area contributed by atoms with Crippen molar-refractivity contribution in [3.05, 3.63) is 28.0 Å². The van der Waals surface area contributed by atoms with Crippen molar-refractivity contribution in [2.75, 3.05) is 10.5 Å². The number of rotatable bonds is 4. The molecule has 0 atom stereocenters. The van der Waals surface area contributed by atoms with Gasteiger partial charge in [0.05, 0.1) is 5.69 Å². The molecule has 0 unspecified atom stereocenters. The third-order valence-electron chi connectivity index (χ3n) is 2.31. The third kappa shape index (κ3) is 3.00. The van der Waals surface area contributed by atoms with E-state index < -0.39 is 20.7 Å². The van der Waals surface area contributed by atoms with E-state index in [0.29, 0.717) is 11.4 Å². The summed E-state index contributed by atoms with van der Waals surface area (Å²) in [5.41, 5.74) is 5.02. The zero-order valence-corrected chi connectivity index (χ0v) is 12.6. The highest BCUT2D eigenvalue weighted by atomic mass is 35.5. The molecule has 0 aliphatic carbocycles. The predicted octanol–water partition coefficient (Wildman–Crippen LogP) is 2.28. The van der Waals surface area contributed by atoms with E-state index in [1.807, 2.05) is 6.92 Å². The maximum atomic E-state index is 13.8. The van der Waals surface area contributed by atoms with Crippen LogP contribution in [0.5, 0.6) is 0 Å². The molecule has 20 heavy (non-hydrogen) atoms. The molecule has 2 rings (SSSR count). The lowest BCUT2D eigenvalue weighted by atomic mass is 10.3. The van der Waals surface area contributed by atoms with Gasteiger partial charge in [-0.15, -0.1) is 10.2 Å². The number of hydrogen-bond donors (Lipinski definition) is 2. The Morgan fingerprint density at radius 2 is 2.15 bits per heavy atom. The highest BCUT2D eigenvalue weighted by molar-refractivity contribution is 7.93. The lowest BCUT2D eigenvalue weighted by Crippen LogP contribution is -2.15. The van der Waals surface area contributed by atoms with Gasteiger partial charge in [0.25, 0.3) is 10.0 Å². The second kappa shape index (κ2) is 5.51. The molecule has 1 aromatic carbocycles. The average molecular weight is 337 g/mol. The average Bonchev–Trinajstić information content (AvgIpc) is 2.80. The smallest absolute Gasteiger partial charge is 0.266 e. The predicted molar refractivity (Wildman–Crippen MR) is 75.9 cm³/mol. The van der Waals surface area contributed by atoms with Gasteiger partial charge in [-0.1, -0.05) is 29.9 Å². The zero-order valence-electron chi connectivity index (χ0n) is 10.2. The van der Waals surface area contributed by atoms with Crippen molar-refractivity contribution in [3.8, 4) is 0 Å². The van der Waals surface area contributed by atoms with E-state index in [-0.39, 0.29) is 15.8 Å². The van der Waals surface area contributed by atoms with Crippen LogP contribution in [0.1, 0.15) is 11.9 Å². The summed E-state index contributed by atoms with van der Waals surface area (Å²) in [7, 11) is -4.17. The first-order valence-electron chi connectivity index (χ1n) is 5.43. The summed E-state index contributed by atoms with van der Waals surface area (Å²) in [5, 5.41) is 8.17. The number of nitrogens with zero attached hydrogens (tertiary/aromatic N) is 2. The topological polar surface area (TPSA) is 98.0 Å². The summed E-state index contributed by atoms with van der Waals surface area (Å²) in [6, 6.07) is 2.12. The largest absolute Gasteiger partial charge is 0.396 e. The van der Waals surface area contributed by atoms with Gasteiger partial charge in [-0.25, -0.2) is 12.8 Å². The van der Waals surface area contributed by atoms with Crippen molar-refractivity contribution in [2.24, 2.45) is 0 Å². The minimum atomic E-state index is -4.17. The van der Waals surface area contributed by atoms with E-state index in [0.717, 1.165) is 23.5 Å². The number of nitrogens with one attached hydrogen (secondary N) is 1. The highest BCUT2D eigenvalue weighted by Crippen LogP contribution is 2.27. The number of nitrogens with two attached hydrogens (primary N) is 1. The van der Waals surface area contributed by atoms with Gasteiger partial charge in [0.1, 0.15) is 9.90 Å². The van der Waals surface area contributed by atoms with Crippen LogP contribution < -0.4 is 10.5 Å².